The number of allylic oxidation sites excluding steroid dienone is 3. The van der Waals surface area contributed by atoms with E-state index in [4.69, 9.17) is 14.2 Å². The smallest absolute Gasteiger partial charge is 0.308 e. The molecule has 0 saturated heterocycles. The van der Waals surface area contributed by atoms with Crippen LogP contribution in [0.15, 0.2) is 60.7 Å². The number of carbonyl (C=O) groups excluding carboxylic acids is 4. The molecule has 0 amide bonds. The first-order valence-electron chi connectivity index (χ1n) is 9.89. The Morgan fingerprint density at radius 3 is 2.00 bits per heavy atom. The summed E-state index contributed by atoms with van der Waals surface area (Å²) in [5.41, 5.74) is 1.66. The van der Waals surface area contributed by atoms with Crippen molar-refractivity contribution in [1.82, 2.24) is 0 Å². The third kappa shape index (κ3) is 8.79. The van der Waals surface area contributed by atoms with Gasteiger partial charge in [-0.25, -0.2) is 0 Å². The summed E-state index contributed by atoms with van der Waals surface area (Å²) < 4.78 is 15.1. The van der Waals surface area contributed by atoms with Crippen LogP contribution in [0.2, 0.25) is 0 Å². The summed E-state index contributed by atoms with van der Waals surface area (Å²) in [6.45, 7) is 3.84. The van der Waals surface area contributed by atoms with E-state index >= 15 is 0 Å². The molecule has 0 unspecified atom stereocenters. The van der Waals surface area contributed by atoms with E-state index in [-0.39, 0.29) is 29.7 Å². The average Bonchev–Trinajstić information content (AvgIpc) is 2.71. The second-order valence-electron chi connectivity index (χ2n) is 6.82. The first-order chi connectivity index (χ1) is 15.2. The molecule has 7 heteroatoms. The van der Waals surface area contributed by atoms with Gasteiger partial charge in [0.2, 0.25) is 0 Å². The molecule has 2 rings (SSSR count). The molecule has 0 aromatic heterocycles. The van der Waals surface area contributed by atoms with Crippen LogP contribution in [0.3, 0.4) is 0 Å². The zero-order valence-corrected chi connectivity index (χ0v) is 18.1. The number of esters is 3. The number of benzene rings is 2. The van der Waals surface area contributed by atoms with Gasteiger partial charge in [-0.1, -0.05) is 36.4 Å². The third-order valence-electron chi connectivity index (χ3n) is 4.00. The topological polar surface area (TPSA) is 96.0 Å². The number of ketones is 1. The van der Waals surface area contributed by atoms with Gasteiger partial charge in [-0.3, -0.25) is 19.2 Å². The van der Waals surface area contributed by atoms with E-state index in [0.717, 1.165) is 11.1 Å². The van der Waals surface area contributed by atoms with Crippen molar-refractivity contribution in [3.05, 3.63) is 71.8 Å². The molecule has 0 bridgehead atoms. The second-order valence-corrected chi connectivity index (χ2v) is 6.82. The van der Waals surface area contributed by atoms with E-state index in [2.05, 4.69) is 0 Å². The lowest BCUT2D eigenvalue weighted by Gasteiger charge is -2.10. The molecule has 0 radical (unpaired) electrons. The summed E-state index contributed by atoms with van der Waals surface area (Å²) in [6.07, 6.45) is 7.37. The van der Waals surface area contributed by atoms with Crippen molar-refractivity contribution in [3.8, 4) is 17.2 Å². The summed E-state index contributed by atoms with van der Waals surface area (Å²) in [6, 6.07) is 11.8. The number of hydrogen-bond donors (Lipinski definition) is 0. The lowest BCUT2D eigenvalue weighted by molar-refractivity contribution is -0.134. The van der Waals surface area contributed by atoms with Crippen LogP contribution in [-0.4, -0.2) is 23.7 Å². The molecule has 2 aromatic rings. The molecular formula is C25H24O7. The average molecular weight is 436 g/mol. The van der Waals surface area contributed by atoms with Crippen molar-refractivity contribution in [1.29, 1.82) is 0 Å². The number of aryl methyl sites for hydroxylation is 1. The number of rotatable bonds is 9. The highest BCUT2D eigenvalue weighted by Gasteiger charge is 2.11. The highest BCUT2D eigenvalue weighted by molar-refractivity contribution is 5.90. The Morgan fingerprint density at radius 2 is 1.38 bits per heavy atom. The molecular weight excluding hydrogens is 412 g/mol. The molecule has 0 N–H and O–H groups in total. The lowest BCUT2D eigenvalue weighted by atomic mass is 10.1. The summed E-state index contributed by atoms with van der Waals surface area (Å²) in [4.78, 5) is 45.5. The van der Waals surface area contributed by atoms with Crippen LogP contribution in [0.1, 0.15) is 38.3 Å². The van der Waals surface area contributed by atoms with Gasteiger partial charge in [0.1, 0.15) is 5.75 Å². The van der Waals surface area contributed by atoms with E-state index < -0.39 is 11.9 Å². The third-order valence-corrected chi connectivity index (χ3v) is 4.00. The van der Waals surface area contributed by atoms with Crippen molar-refractivity contribution >= 4 is 29.8 Å². The fraction of sp³-hybridized carbons (Fsp3) is 0.200. The second kappa shape index (κ2) is 12.0. The van der Waals surface area contributed by atoms with Gasteiger partial charge in [-0.15, -0.1) is 0 Å². The molecule has 0 saturated carbocycles. The van der Waals surface area contributed by atoms with E-state index in [1.54, 1.807) is 48.6 Å². The Morgan fingerprint density at radius 1 is 0.750 bits per heavy atom. The highest BCUT2D eigenvalue weighted by atomic mass is 16.6. The van der Waals surface area contributed by atoms with E-state index in [1.807, 2.05) is 6.08 Å². The van der Waals surface area contributed by atoms with Crippen LogP contribution in [0, 0.1) is 0 Å². The van der Waals surface area contributed by atoms with Crippen LogP contribution in [-0.2, 0) is 25.6 Å². The lowest BCUT2D eigenvalue weighted by Crippen LogP contribution is -2.07. The van der Waals surface area contributed by atoms with Gasteiger partial charge in [0.25, 0.3) is 0 Å². The predicted octanol–water partition coefficient (Wildman–Crippen LogP) is 4.23. The molecule has 7 nitrogen and oxygen atoms in total. The molecule has 0 heterocycles. The minimum atomic E-state index is -0.539. The van der Waals surface area contributed by atoms with Crippen LogP contribution >= 0.6 is 0 Å². The molecule has 2 aromatic carbocycles. The molecule has 32 heavy (non-hydrogen) atoms. The van der Waals surface area contributed by atoms with Crippen LogP contribution in [0.5, 0.6) is 17.2 Å². The summed E-state index contributed by atoms with van der Waals surface area (Å²) in [5, 5.41) is 0. The SMILES string of the molecule is CC(=O)Oc1ccc(/C=C/C=C/C(=O)CCc2ccc(OC(C)=O)c(OC(C)=O)c2)cc1. The molecule has 0 spiro atoms. The van der Waals surface area contributed by atoms with Gasteiger partial charge < -0.3 is 14.2 Å². The Hall–Kier alpha value is -4.00. The summed E-state index contributed by atoms with van der Waals surface area (Å²) in [5.74, 6) is -0.763. The van der Waals surface area contributed by atoms with Crippen molar-refractivity contribution in [2.24, 2.45) is 0 Å². The van der Waals surface area contributed by atoms with Crippen LogP contribution in [0.25, 0.3) is 6.08 Å². The Labute approximate surface area is 186 Å². The minimum Gasteiger partial charge on any atom is -0.427 e. The van der Waals surface area contributed by atoms with Crippen molar-refractivity contribution in [2.45, 2.75) is 33.6 Å². The van der Waals surface area contributed by atoms with Crippen LogP contribution in [0.4, 0.5) is 0 Å². The van der Waals surface area contributed by atoms with E-state index in [1.165, 1.54) is 32.9 Å². The zero-order chi connectivity index (χ0) is 23.5. The van der Waals surface area contributed by atoms with Gasteiger partial charge in [0, 0.05) is 27.2 Å². The van der Waals surface area contributed by atoms with Gasteiger partial charge in [-0.2, -0.15) is 0 Å². The first-order valence-corrected chi connectivity index (χ1v) is 9.89. The standard InChI is InChI=1S/C25H24O7/c1-17(26)30-23-13-9-20(10-14-23)6-4-5-7-22(29)12-8-21-11-15-24(31-18(2)27)25(16-21)32-19(3)28/h4-7,9-11,13-16H,8,12H2,1-3H3/b6-4+,7-5+. The Bertz CT molecular complexity index is 1050. The number of hydrogen-bond acceptors (Lipinski definition) is 7. The minimum absolute atomic E-state index is 0.0713. The monoisotopic (exact) mass is 436 g/mol. The largest absolute Gasteiger partial charge is 0.427 e. The zero-order valence-electron chi connectivity index (χ0n) is 18.1. The van der Waals surface area contributed by atoms with Gasteiger partial charge in [0.15, 0.2) is 17.3 Å². The van der Waals surface area contributed by atoms with E-state index in [0.29, 0.717) is 12.2 Å². The fourth-order valence-corrected chi connectivity index (χ4v) is 2.68. The summed E-state index contributed by atoms with van der Waals surface area (Å²) in [7, 11) is 0. The van der Waals surface area contributed by atoms with Crippen molar-refractivity contribution in [3.63, 3.8) is 0 Å². The first kappa shape index (κ1) is 24.3. The molecule has 0 fully saturated rings. The Kier molecular flexibility index (Phi) is 9.10. The molecule has 166 valence electrons. The maximum absolute atomic E-state index is 12.1. The van der Waals surface area contributed by atoms with Gasteiger partial charge in [0.05, 0.1) is 0 Å². The van der Waals surface area contributed by atoms with Crippen molar-refractivity contribution in [2.75, 3.05) is 0 Å². The normalized spacial score (nSPS) is 10.8. The summed E-state index contributed by atoms with van der Waals surface area (Å²) >= 11 is 0. The molecule has 0 aliphatic rings. The quantitative estimate of drug-likeness (QED) is 0.251. The molecule has 0 aliphatic carbocycles. The number of ether oxygens (including phenoxy) is 3. The maximum Gasteiger partial charge on any atom is 0.308 e. The number of carbonyl (C=O) groups is 4. The molecule has 0 aliphatic heterocycles. The van der Waals surface area contributed by atoms with Crippen LogP contribution < -0.4 is 14.2 Å². The van der Waals surface area contributed by atoms with Gasteiger partial charge in [-0.05, 0) is 47.9 Å². The van der Waals surface area contributed by atoms with Crippen molar-refractivity contribution < 1.29 is 33.4 Å². The van der Waals surface area contributed by atoms with E-state index in [9.17, 15) is 19.2 Å². The fourth-order valence-electron chi connectivity index (χ4n) is 2.68. The maximum atomic E-state index is 12.1. The predicted molar refractivity (Wildman–Crippen MR) is 118 cm³/mol. The molecule has 0 atom stereocenters. The highest BCUT2D eigenvalue weighted by Crippen LogP contribution is 2.29. The Balaban J connectivity index is 1.90. The van der Waals surface area contributed by atoms with Gasteiger partial charge >= 0.3 is 17.9 Å².